The minimum atomic E-state index is -0.109. The summed E-state index contributed by atoms with van der Waals surface area (Å²) in [7, 11) is 0. The van der Waals surface area contributed by atoms with Crippen molar-refractivity contribution < 1.29 is 4.79 Å². The molecule has 1 heterocycles. The summed E-state index contributed by atoms with van der Waals surface area (Å²) in [6, 6.07) is 8.11. The number of hydrogen-bond donors (Lipinski definition) is 3. The van der Waals surface area contributed by atoms with E-state index in [4.69, 9.17) is 11.5 Å². The van der Waals surface area contributed by atoms with Gasteiger partial charge in [0.05, 0.1) is 12.1 Å². The summed E-state index contributed by atoms with van der Waals surface area (Å²) >= 11 is 1.31. The Balaban J connectivity index is 0.00000450. The highest BCUT2D eigenvalue weighted by atomic mass is 35.5. The molecule has 1 aromatic heterocycles. The number of halogens is 1. The third kappa shape index (κ3) is 10.6. The number of nitrogens with one attached hydrogen (secondary N) is 1. The van der Waals surface area contributed by atoms with Crippen LogP contribution in [0.4, 0.5) is 10.8 Å². The zero-order chi connectivity index (χ0) is 20.9. The highest BCUT2D eigenvalue weighted by Gasteiger charge is 2.08. The third-order valence-corrected chi connectivity index (χ3v) is 5.45. The van der Waals surface area contributed by atoms with Gasteiger partial charge in [0.15, 0.2) is 5.96 Å². The maximum Gasteiger partial charge on any atom is 0.230 e. The number of hydrogen-bond acceptors (Lipinski definition) is 4. The Morgan fingerprint density at radius 3 is 2.30 bits per heavy atom. The number of carbonyl (C=O) groups excluding carboxylic acids is 1. The molecule has 0 bridgehead atoms. The van der Waals surface area contributed by atoms with Gasteiger partial charge in [0.25, 0.3) is 0 Å². The molecule has 8 heteroatoms. The van der Waals surface area contributed by atoms with Crippen molar-refractivity contribution in [1.29, 1.82) is 0 Å². The number of aromatic nitrogens is 1. The smallest absolute Gasteiger partial charge is 0.230 e. The number of unbranched alkanes of at least 4 members (excludes halogenated alkanes) is 7. The van der Waals surface area contributed by atoms with Crippen LogP contribution >= 0.6 is 23.7 Å². The van der Waals surface area contributed by atoms with Crippen molar-refractivity contribution in [1.82, 2.24) is 4.98 Å². The average Bonchev–Trinajstić information content (AvgIpc) is 3.11. The van der Waals surface area contributed by atoms with Gasteiger partial charge in [0.1, 0.15) is 0 Å². The van der Waals surface area contributed by atoms with Crippen LogP contribution in [0.15, 0.2) is 34.6 Å². The monoisotopic (exact) mass is 451 g/mol. The third-order valence-electron chi connectivity index (χ3n) is 4.66. The van der Waals surface area contributed by atoms with Crippen molar-refractivity contribution in [2.24, 2.45) is 16.5 Å². The molecule has 0 saturated heterocycles. The van der Waals surface area contributed by atoms with Crippen LogP contribution in [0.5, 0.6) is 0 Å². The molecule has 0 aliphatic rings. The predicted octanol–water partition coefficient (Wildman–Crippen LogP) is 5.33. The summed E-state index contributed by atoms with van der Waals surface area (Å²) in [6.45, 7) is 2.25. The van der Waals surface area contributed by atoms with Crippen LogP contribution in [0.3, 0.4) is 0 Å². The second-order valence-electron chi connectivity index (χ2n) is 7.30. The average molecular weight is 452 g/mol. The molecule has 5 N–H and O–H groups in total. The molecule has 0 fully saturated rings. The van der Waals surface area contributed by atoms with Gasteiger partial charge >= 0.3 is 0 Å². The van der Waals surface area contributed by atoms with Gasteiger partial charge in [-0.1, -0.05) is 64.0 Å². The Kier molecular flexibility index (Phi) is 12.8. The number of carbonyl (C=O) groups is 1. The highest BCUT2D eigenvalue weighted by Crippen LogP contribution is 2.19. The van der Waals surface area contributed by atoms with Crippen molar-refractivity contribution in [2.45, 2.75) is 71.1 Å². The molecular formula is C22H34ClN5OS. The van der Waals surface area contributed by atoms with Crippen LogP contribution in [0, 0.1) is 0 Å². The van der Waals surface area contributed by atoms with E-state index in [0.29, 0.717) is 10.8 Å². The Morgan fingerprint density at radius 1 is 1.03 bits per heavy atom. The standard InChI is InChI=1S/C22H33N5OS.ClH/c1-2-3-4-5-6-7-8-9-10-17-11-13-18(14-12-17)25-20(28)15-19-16-29-22(26-19)27-21(23)24;/h11-14,16H,2-10,15H2,1H3,(H,25,28)(H4,23,24,26,27);1H. The number of benzene rings is 1. The van der Waals surface area contributed by atoms with Gasteiger partial charge in [-0.3, -0.25) is 4.79 Å². The molecule has 0 radical (unpaired) electrons. The molecule has 1 amide bonds. The number of rotatable bonds is 13. The zero-order valence-electron chi connectivity index (χ0n) is 17.7. The lowest BCUT2D eigenvalue weighted by Gasteiger charge is -2.06. The SMILES string of the molecule is CCCCCCCCCCc1ccc(NC(=O)Cc2csc(N=C(N)N)n2)cc1.Cl. The molecule has 0 aliphatic carbocycles. The normalized spacial score (nSPS) is 10.3. The molecule has 0 spiro atoms. The van der Waals surface area contributed by atoms with Crippen LogP contribution in [-0.2, 0) is 17.6 Å². The zero-order valence-corrected chi connectivity index (χ0v) is 19.4. The number of anilines is 1. The van der Waals surface area contributed by atoms with E-state index in [9.17, 15) is 4.79 Å². The molecule has 2 rings (SSSR count). The van der Waals surface area contributed by atoms with E-state index in [1.807, 2.05) is 12.1 Å². The maximum atomic E-state index is 12.2. The molecule has 0 atom stereocenters. The molecule has 30 heavy (non-hydrogen) atoms. The Hall–Kier alpha value is -2.12. The Bertz CT molecular complexity index is 772. The summed E-state index contributed by atoms with van der Waals surface area (Å²) in [4.78, 5) is 20.3. The molecular weight excluding hydrogens is 418 g/mol. The van der Waals surface area contributed by atoms with Crippen molar-refractivity contribution in [3.63, 3.8) is 0 Å². The first-order valence-corrected chi connectivity index (χ1v) is 11.4. The number of thiazole rings is 1. The molecule has 166 valence electrons. The van der Waals surface area contributed by atoms with E-state index in [1.54, 1.807) is 5.38 Å². The number of amides is 1. The minimum Gasteiger partial charge on any atom is -0.370 e. The summed E-state index contributed by atoms with van der Waals surface area (Å²) in [5, 5.41) is 5.15. The molecule has 0 unspecified atom stereocenters. The summed E-state index contributed by atoms with van der Waals surface area (Å²) in [5.41, 5.74) is 13.4. The topological polar surface area (TPSA) is 106 Å². The summed E-state index contributed by atoms with van der Waals surface area (Å²) in [5.74, 6) is -0.148. The highest BCUT2D eigenvalue weighted by molar-refractivity contribution is 7.13. The molecule has 6 nitrogen and oxygen atoms in total. The Morgan fingerprint density at radius 2 is 1.67 bits per heavy atom. The van der Waals surface area contributed by atoms with E-state index in [-0.39, 0.29) is 30.7 Å². The maximum absolute atomic E-state index is 12.2. The second-order valence-corrected chi connectivity index (χ2v) is 8.14. The van der Waals surface area contributed by atoms with Crippen LogP contribution in [0.1, 0.15) is 69.5 Å². The number of guanidine groups is 1. The fourth-order valence-electron chi connectivity index (χ4n) is 3.13. The van der Waals surface area contributed by atoms with E-state index in [0.717, 1.165) is 12.1 Å². The van der Waals surface area contributed by atoms with Gasteiger partial charge in [-0.25, -0.2) is 4.98 Å². The fraction of sp³-hybridized carbons (Fsp3) is 0.500. The molecule has 0 aliphatic heterocycles. The number of aliphatic imine (C=N–C) groups is 1. The lowest BCUT2D eigenvalue weighted by molar-refractivity contribution is -0.115. The van der Waals surface area contributed by atoms with E-state index in [1.165, 1.54) is 68.3 Å². The number of nitrogens with two attached hydrogens (primary N) is 2. The predicted molar refractivity (Wildman–Crippen MR) is 130 cm³/mol. The van der Waals surface area contributed by atoms with Crippen molar-refractivity contribution in [3.05, 3.63) is 40.9 Å². The van der Waals surface area contributed by atoms with Crippen molar-refractivity contribution in [3.8, 4) is 0 Å². The van der Waals surface area contributed by atoms with Gasteiger partial charge < -0.3 is 16.8 Å². The lowest BCUT2D eigenvalue weighted by atomic mass is 10.0. The first kappa shape index (κ1) is 25.9. The lowest BCUT2D eigenvalue weighted by Crippen LogP contribution is -2.21. The number of aryl methyl sites for hydroxylation is 1. The van der Waals surface area contributed by atoms with Gasteiger partial charge in [-0.15, -0.1) is 23.7 Å². The van der Waals surface area contributed by atoms with Gasteiger partial charge in [0.2, 0.25) is 11.0 Å². The minimum absolute atomic E-state index is 0. The van der Waals surface area contributed by atoms with Gasteiger partial charge in [0, 0.05) is 11.1 Å². The number of nitrogens with zero attached hydrogens (tertiary/aromatic N) is 2. The summed E-state index contributed by atoms with van der Waals surface area (Å²) < 4.78 is 0. The van der Waals surface area contributed by atoms with E-state index >= 15 is 0 Å². The van der Waals surface area contributed by atoms with E-state index in [2.05, 4.69) is 34.3 Å². The van der Waals surface area contributed by atoms with Crippen LogP contribution < -0.4 is 16.8 Å². The van der Waals surface area contributed by atoms with Crippen LogP contribution in [0.25, 0.3) is 0 Å². The first-order valence-electron chi connectivity index (χ1n) is 10.5. The van der Waals surface area contributed by atoms with Crippen LogP contribution in [0.2, 0.25) is 0 Å². The summed E-state index contributed by atoms with van der Waals surface area (Å²) in [6.07, 6.45) is 11.9. The van der Waals surface area contributed by atoms with Crippen LogP contribution in [-0.4, -0.2) is 16.9 Å². The van der Waals surface area contributed by atoms with E-state index < -0.39 is 0 Å². The van der Waals surface area contributed by atoms with Gasteiger partial charge in [-0.2, -0.15) is 4.99 Å². The van der Waals surface area contributed by atoms with Crippen molar-refractivity contribution in [2.75, 3.05) is 5.32 Å². The quantitative estimate of drug-likeness (QED) is 0.217. The second kappa shape index (κ2) is 14.8. The molecule has 0 saturated carbocycles. The molecule has 2 aromatic rings. The first-order chi connectivity index (χ1) is 14.1. The van der Waals surface area contributed by atoms with Gasteiger partial charge in [-0.05, 0) is 30.5 Å². The fourth-order valence-corrected chi connectivity index (χ4v) is 3.83. The molecule has 1 aromatic carbocycles. The largest absolute Gasteiger partial charge is 0.370 e. The van der Waals surface area contributed by atoms with Crippen molar-refractivity contribution >= 4 is 46.4 Å². The Labute approximate surface area is 190 Å².